The summed E-state index contributed by atoms with van der Waals surface area (Å²) in [5, 5.41) is 9.35. The molecule has 1 N–H and O–H groups in total. The maximum absolute atomic E-state index is 10.6. The Balaban J connectivity index is 2.83. The lowest BCUT2D eigenvalue weighted by molar-refractivity contribution is -0.144. The number of ether oxygens (including phenoxy) is 1. The quantitative estimate of drug-likeness (QED) is 0.862. The molecule has 0 unspecified atom stereocenters. The van der Waals surface area contributed by atoms with Gasteiger partial charge in [0.05, 0.1) is 0 Å². The predicted octanol–water partition coefficient (Wildman–Crippen LogP) is 2.75. The lowest BCUT2D eigenvalue weighted by Gasteiger charge is -2.11. The van der Waals surface area contributed by atoms with Gasteiger partial charge in [-0.2, -0.15) is 0 Å². The largest absolute Gasteiger partial charge is 0.479 e. The third kappa shape index (κ3) is 3.13. The van der Waals surface area contributed by atoms with Gasteiger partial charge in [0.25, 0.3) is 0 Å². The monoisotopic (exact) mass is 228 g/mol. The summed E-state index contributed by atoms with van der Waals surface area (Å²) in [4.78, 5) is 10.6. The molecular weight excluding hydrogens is 216 g/mol. The molecular formula is C11H13ClO3. The molecule has 0 fully saturated rings. The van der Waals surface area contributed by atoms with Gasteiger partial charge in [0.15, 0.2) is 6.10 Å². The lowest BCUT2D eigenvalue weighted by atomic mass is 10.1. The van der Waals surface area contributed by atoms with E-state index in [1.807, 2.05) is 6.92 Å². The molecule has 0 heterocycles. The van der Waals surface area contributed by atoms with Gasteiger partial charge in [-0.25, -0.2) is 4.79 Å². The van der Waals surface area contributed by atoms with Gasteiger partial charge in [-0.3, -0.25) is 0 Å². The van der Waals surface area contributed by atoms with Gasteiger partial charge < -0.3 is 9.84 Å². The minimum Gasteiger partial charge on any atom is -0.479 e. The molecule has 0 amide bonds. The molecule has 1 rings (SSSR count). The highest BCUT2D eigenvalue weighted by atomic mass is 35.5. The van der Waals surface area contributed by atoms with Gasteiger partial charge in [-0.1, -0.05) is 18.5 Å². The Bertz CT molecular complexity index is 363. The summed E-state index contributed by atoms with van der Waals surface area (Å²) in [6, 6.07) is 5.15. The highest BCUT2D eigenvalue weighted by Crippen LogP contribution is 2.23. The maximum atomic E-state index is 10.6. The number of aliphatic carboxylic acids is 1. The predicted molar refractivity (Wildman–Crippen MR) is 58.6 cm³/mol. The second kappa shape index (κ2) is 5.03. The summed E-state index contributed by atoms with van der Waals surface area (Å²) >= 11 is 5.92. The van der Waals surface area contributed by atoms with Crippen LogP contribution in [0.3, 0.4) is 0 Å². The number of benzene rings is 1. The number of hydrogen-bond donors (Lipinski definition) is 1. The number of aryl methyl sites for hydroxylation is 1. The molecule has 1 aromatic carbocycles. The Morgan fingerprint density at radius 2 is 2.27 bits per heavy atom. The average Bonchev–Trinajstić information content (AvgIpc) is 2.20. The molecule has 0 aliphatic carbocycles. The van der Waals surface area contributed by atoms with E-state index < -0.39 is 12.1 Å². The minimum absolute atomic E-state index is 0.533. The van der Waals surface area contributed by atoms with Crippen molar-refractivity contribution in [2.75, 3.05) is 0 Å². The number of carboxylic acids is 1. The van der Waals surface area contributed by atoms with Crippen LogP contribution < -0.4 is 4.74 Å². The van der Waals surface area contributed by atoms with E-state index in [9.17, 15) is 4.79 Å². The Hall–Kier alpha value is -1.22. The van der Waals surface area contributed by atoms with Crippen molar-refractivity contribution < 1.29 is 14.6 Å². The molecule has 1 atom stereocenters. The average molecular weight is 229 g/mol. The summed E-state index contributed by atoms with van der Waals surface area (Å²) in [5.41, 5.74) is 0.951. The third-order valence-electron chi connectivity index (χ3n) is 2.06. The fourth-order valence-corrected chi connectivity index (χ4v) is 1.40. The van der Waals surface area contributed by atoms with Crippen LogP contribution in [0.5, 0.6) is 5.75 Å². The third-order valence-corrected chi connectivity index (χ3v) is 2.43. The van der Waals surface area contributed by atoms with Crippen LogP contribution in [0.2, 0.25) is 5.02 Å². The number of rotatable bonds is 4. The van der Waals surface area contributed by atoms with Crippen LogP contribution in [-0.2, 0) is 11.2 Å². The lowest BCUT2D eigenvalue weighted by Crippen LogP contribution is -2.22. The molecule has 0 saturated carbocycles. The Labute approximate surface area is 93.6 Å². The Kier molecular flexibility index (Phi) is 3.97. The summed E-state index contributed by atoms with van der Waals surface area (Å²) in [7, 11) is 0. The molecule has 82 valence electrons. The normalized spacial score (nSPS) is 12.2. The van der Waals surface area contributed by atoms with Gasteiger partial charge in [-0.05, 0) is 37.1 Å². The van der Waals surface area contributed by atoms with Crippen LogP contribution in [0.25, 0.3) is 0 Å². The first-order valence-corrected chi connectivity index (χ1v) is 5.10. The summed E-state index contributed by atoms with van der Waals surface area (Å²) in [6.07, 6.45) is -0.0619. The van der Waals surface area contributed by atoms with Crippen LogP contribution >= 0.6 is 11.6 Å². The van der Waals surface area contributed by atoms with Crippen molar-refractivity contribution in [3.05, 3.63) is 28.8 Å². The van der Waals surface area contributed by atoms with Crippen molar-refractivity contribution in [3.63, 3.8) is 0 Å². The van der Waals surface area contributed by atoms with Crippen molar-refractivity contribution in [2.45, 2.75) is 26.4 Å². The van der Waals surface area contributed by atoms with E-state index in [-0.39, 0.29) is 0 Å². The zero-order chi connectivity index (χ0) is 11.4. The molecule has 0 aliphatic heterocycles. The van der Waals surface area contributed by atoms with Crippen LogP contribution in [-0.4, -0.2) is 17.2 Å². The van der Waals surface area contributed by atoms with Crippen LogP contribution in [0.4, 0.5) is 0 Å². The second-order valence-electron chi connectivity index (χ2n) is 3.21. The summed E-state index contributed by atoms with van der Waals surface area (Å²) in [5.74, 6) is -0.450. The smallest absolute Gasteiger partial charge is 0.344 e. The number of carboxylic acid groups (broad SMARTS) is 1. The Morgan fingerprint density at radius 1 is 1.60 bits per heavy atom. The number of hydrogen-bond acceptors (Lipinski definition) is 2. The molecule has 4 heteroatoms. The summed E-state index contributed by atoms with van der Waals surface area (Å²) in [6.45, 7) is 3.47. The topological polar surface area (TPSA) is 46.5 Å². The molecule has 0 spiro atoms. The maximum Gasteiger partial charge on any atom is 0.344 e. The van der Waals surface area contributed by atoms with Gasteiger partial charge in [-0.15, -0.1) is 0 Å². The standard InChI is InChI=1S/C11H13ClO3/c1-3-8-6-9(4-5-10(8)12)15-7(2)11(13)14/h4-7H,3H2,1-2H3,(H,13,14)/t7-/m1/s1. The Morgan fingerprint density at radius 3 is 2.80 bits per heavy atom. The zero-order valence-corrected chi connectivity index (χ0v) is 9.41. The van der Waals surface area contributed by atoms with Gasteiger partial charge in [0, 0.05) is 5.02 Å². The van der Waals surface area contributed by atoms with Crippen molar-refractivity contribution in [1.29, 1.82) is 0 Å². The number of halogens is 1. The molecule has 0 aromatic heterocycles. The van der Waals surface area contributed by atoms with E-state index in [0.717, 1.165) is 12.0 Å². The van der Waals surface area contributed by atoms with Gasteiger partial charge >= 0.3 is 5.97 Å². The first-order chi connectivity index (χ1) is 7.04. The van der Waals surface area contributed by atoms with E-state index in [2.05, 4.69) is 0 Å². The zero-order valence-electron chi connectivity index (χ0n) is 8.66. The van der Waals surface area contributed by atoms with Gasteiger partial charge in [0.2, 0.25) is 0 Å². The molecule has 0 aliphatic rings. The van der Waals surface area contributed by atoms with E-state index >= 15 is 0 Å². The molecule has 1 aromatic rings. The van der Waals surface area contributed by atoms with E-state index in [0.29, 0.717) is 10.8 Å². The van der Waals surface area contributed by atoms with Gasteiger partial charge in [0.1, 0.15) is 5.75 Å². The first-order valence-electron chi connectivity index (χ1n) is 4.72. The molecule has 0 radical (unpaired) electrons. The fraction of sp³-hybridized carbons (Fsp3) is 0.364. The van der Waals surface area contributed by atoms with Crippen LogP contribution in [0.15, 0.2) is 18.2 Å². The fourth-order valence-electron chi connectivity index (χ4n) is 1.15. The highest BCUT2D eigenvalue weighted by Gasteiger charge is 2.12. The molecule has 0 bridgehead atoms. The highest BCUT2D eigenvalue weighted by molar-refractivity contribution is 6.31. The van der Waals surface area contributed by atoms with Crippen molar-refractivity contribution in [1.82, 2.24) is 0 Å². The molecule has 0 saturated heterocycles. The van der Waals surface area contributed by atoms with Crippen molar-refractivity contribution >= 4 is 17.6 Å². The second-order valence-corrected chi connectivity index (χ2v) is 3.61. The summed E-state index contributed by atoms with van der Waals surface area (Å²) < 4.78 is 5.22. The van der Waals surface area contributed by atoms with E-state index in [1.54, 1.807) is 18.2 Å². The van der Waals surface area contributed by atoms with Crippen LogP contribution in [0.1, 0.15) is 19.4 Å². The van der Waals surface area contributed by atoms with Crippen LogP contribution in [0, 0.1) is 0 Å². The van der Waals surface area contributed by atoms with Crippen molar-refractivity contribution in [3.8, 4) is 5.75 Å². The molecule has 3 nitrogen and oxygen atoms in total. The van der Waals surface area contributed by atoms with Crippen molar-refractivity contribution in [2.24, 2.45) is 0 Å². The first kappa shape index (κ1) is 11.9. The number of carbonyl (C=O) groups is 1. The van der Waals surface area contributed by atoms with E-state index in [1.165, 1.54) is 6.92 Å². The molecule has 15 heavy (non-hydrogen) atoms. The minimum atomic E-state index is -0.983. The van der Waals surface area contributed by atoms with E-state index in [4.69, 9.17) is 21.4 Å². The SMILES string of the molecule is CCc1cc(O[C@H](C)C(=O)O)ccc1Cl.